The van der Waals surface area contributed by atoms with Crippen LogP contribution in [0, 0.1) is 0 Å². The minimum absolute atomic E-state index is 0.134. The fourth-order valence-electron chi connectivity index (χ4n) is 0.656. The summed E-state index contributed by atoms with van der Waals surface area (Å²) in [5, 5.41) is 17.9. The van der Waals surface area contributed by atoms with Crippen molar-refractivity contribution in [1.82, 2.24) is 15.0 Å². The van der Waals surface area contributed by atoms with Gasteiger partial charge in [-0.05, 0) is 0 Å². The minimum Gasteiger partial charge on any atom is -0.376 e. The minimum atomic E-state index is -0.388. The van der Waals surface area contributed by atoms with Crippen LogP contribution in [0.25, 0.3) is 0 Å². The summed E-state index contributed by atoms with van der Waals surface area (Å²) in [5.41, 5.74) is 0. The van der Waals surface area contributed by atoms with Crippen LogP contribution in [-0.2, 0) is 0 Å². The highest BCUT2D eigenvalue weighted by molar-refractivity contribution is 7.80. The van der Waals surface area contributed by atoms with Gasteiger partial charge in [-0.3, -0.25) is 4.90 Å². The molecule has 1 aromatic rings. The summed E-state index contributed by atoms with van der Waals surface area (Å²) < 4.78 is 0. The summed E-state index contributed by atoms with van der Waals surface area (Å²) in [6, 6.07) is 0. The molecular weight excluding hydrogens is 212 g/mol. The molecule has 0 radical (unpaired) electrons. The zero-order valence-electron chi connectivity index (χ0n) is 6.49. The Hall–Kier alpha value is -0.570. The summed E-state index contributed by atoms with van der Waals surface area (Å²) >= 11 is 7.79. The molecule has 1 heterocycles. The number of aliphatic hydroxyl groups is 2. The molecule has 6 nitrogen and oxygen atoms in total. The Morgan fingerprint density at radius 3 is 1.85 bits per heavy atom. The van der Waals surface area contributed by atoms with E-state index in [9.17, 15) is 0 Å². The first-order valence-corrected chi connectivity index (χ1v) is 4.17. The lowest BCUT2D eigenvalue weighted by molar-refractivity contribution is 0.219. The van der Waals surface area contributed by atoms with Crippen molar-refractivity contribution >= 4 is 31.2 Å². The smallest absolute Gasteiger partial charge is 0.234 e. The Balaban J connectivity index is 2.99. The predicted octanol–water partition coefficient (Wildman–Crippen LogP) is -0.845. The summed E-state index contributed by atoms with van der Waals surface area (Å²) in [4.78, 5) is 12.4. The highest BCUT2D eigenvalue weighted by Crippen LogP contribution is 2.10. The van der Waals surface area contributed by atoms with Gasteiger partial charge in [-0.15, -0.1) is 25.3 Å². The van der Waals surface area contributed by atoms with Crippen molar-refractivity contribution in [2.75, 3.05) is 18.4 Å². The van der Waals surface area contributed by atoms with Gasteiger partial charge in [0.05, 0.1) is 0 Å². The summed E-state index contributed by atoms with van der Waals surface area (Å²) in [6.45, 7) is -0.776. The SMILES string of the molecule is OCN(CO)c1nc(S)nc(S)n1. The lowest BCUT2D eigenvalue weighted by Gasteiger charge is -2.15. The fourth-order valence-corrected chi connectivity index (χ4v) is 1.10. The number of hydrogen-bond donors (Lipinski definition) is 4. The summed E-state index contributed by atoms with van der Waals surface area (Å²) in [7, 11) is 0. The molecule has 1 aromatic heterocycles. The van der Waals surface area contributed by atoms with Gasteiger partial charge in [0.25, 0.3) is 0 Å². The molecule has 8 heteroatoms. The van der Waals surface area contributed by atoms with Gasteiger partial charge in [-0.2, -0.15) is 15.0 Å². The van der Waals surface area contributed by atoms with Crippen LogP contribution in [0.2, 0.25) is 0 Å². The maximum absolute atomic E-state index is 8.78. The first-order valence-electron chi connectivity index (χ1n) is 3.28. The highest BCUT2D eigenvalue weighted by atomic mass is 32.1. The standard InChI is InChI=1S/C5H8N4O2S2/c10-1-9(2-11)3-6-4(12)8-5(13)7-3/h10-11H,1-2H2,(H2,6,7,8,12,13). The second-order valence-electron chi connectivity index (χ2n) is 2.06. The third-order valence-electron chi connectivity index (χ3n) is 1.22. The van der Waals surface area contributed by atoms with Crippen molar-refractivity contribution in [3.63, 3.8) is 0 Å². The van der Waals surface area contributed by atoms with Crippen LogP contribution in [-0.4, -0.2) is 38.6 Å². The number of nitrogens with zero attached hydrogens (tertiary/aromatic N) is 4. The van der Waals surface area contributed by atoms with E-state index < -0.39 is 0 Å². The van der Waals surface area contributed by atoms with Crippen molar-refractivity contribution in [3.05, 3.63) is 0 Å². The zero-order valence-corrected chi connectivity index (χ0v) is 8.28. The molecule has 1 rings (SSSR count). The molecule has 13 heavy (non-hydrogen) atoms. The van der Waals surface area contributed by atoms with Gasteiger partial charge in [-0.25, -0.2) is 0 Å². The third-order valence-corrected chi connectivity index (χ3v) is 1.62. The van der Waals surface area contributed by atoms with Gasteiger partial charge < -0.3 is 10.2 Å². The van der Waals surface area contributed by atoms with E-state index in [2.05, 4.69) is 40.2 Å². The molecule has 0 atom stereocenters. The van der Waals surface area contributed by atoms with E-state index in [4.69, 9.17) is 10.2 Å². The highest BCUT2D eigenvalue weighted by Gasteiger charge is 2.08. The van der Waals surface area contributed by atoms with Crippen molar-refractivity contribution in [3.8, 4) is 0 Å². The number of aliphatic hydroxyl groups excluding tert-OH is 2. The molecular formula is C5H8N4O2S2. The van der Waals surface area contributed by atoms with E-state index in [0.29, 0.717) is 0 Å². The molecule has 0 aliphatic carbocycles. The van der Waals surface area contributed by atoms with E-state index in [1.165, 1.54) is 0 Å². The van der Waals surface area contributed by atoms with Crippen molar-refractivity contribution in [2.24, 2.45) is 0 Å². The number of rotatable bonds is 3. The number of thiol groups is 2. The number of anilines is 1. The first kappa shape index (κ1) is 10.5. The molecule has 72 valence electrons. The van der Waals surface area contributed by atoms with Crippen LogP contribution in [0.4, 0.5) is 5.95 Å². The van der Waals surface area contributed by atoms with E-state index in [0.717, 1.165) is 4.90 Å². The van der Waals surface area contributed by atoms with Crippen LogP contribution in [0.5, 0.6) is 0 Å². The molecule has 0 aliphatic rings. The van der Waals surface area contributed by atoms with Crippen LogP contribution < -0.4 is 4.90 Å². The molecule has 0 amide bonds. The van der Waals surface area contributed by atoms with Crippen LogP contribution in [0.3, 0.4) is 0 Å². The lowest BCUT2D eigenvalue weighted by atomic mass is 10.7. The second-order valence-corrected chi connectivity index (χ2v) is 2.86. The Bertz CT molecular complexity index is 274. The number of aromatic nitrogens is 3. The molecule has 0 spiro atoms. The molecule has 0 saturated heterocycles. The Labute approximate surface area is 85.5 Å². The number of hydrogen-bond acceptors (Lipinski definition) is 8. The van der Waals surface area contributed by atoms with Gasteiger partial charge in [0, 0.05) is 0 Å². The largest absolute Gasteiger partial charge is 0.376 e. The summed E-state index contributed by atoms with van der Waals surface area (Å²) in [6.07, 6.45) is 0. The molecule has 0 saturated carbocycles. The van der Waals surface area contributed by atoms with Gasteiger partial charge in [0.1, 0.15) is 13.5 Å². The maximum atomic E-state index is 8.78. The van der Waals surface area contributed by atoms with E-state index in [-0.39, 0.29) is 29.7 Å². The zero-order chi connectivity index (χ0) is 9.84. The van der Waals surface area contributed by atoms with E-state index >= 15 is 0 Å². The maximum Gasteiger partial charge on any atom is 0.234 e. The second kappa shape index (κ2) is 4.61. The summed E-state index contributed by atoms with van der Waals surface area (Å²) in [5.74, 6) is 0.134. The van der Waals surface area contributed by atoms with Crippen molar-refractivity contribution in [1.29, 1.82) is 0 Å². The molecule has 0 aromatic carbocycles. The van der Waals surface area contributed by atoms with Gasteiger partial charge >= 0.3 is 0 Å². The van der Waals surface area contributed by atoms with Crippen LogP contribution in [0.15, 0.2) is 10.3 Å². The normalized spacial score (nSPS) is 10.2. The fraction of sp³-hybridized carbons (Fsp3) is 0.400. The first-order chi connectivity index (χ1) is 6.17. The van der Waals surface area contributed by atoms with Crippen molar-refractivity contribution < 1.29 is 10.2 Å². The monoisotopic (exact) mass is 220 g/mol. The lowest BCUT2D eigenvalue weighted by Crippen LogP contribution is -2.27. The Morgan fingerprint density at radius 1 is 1.00 bits per heavy atom. The van der Waals surface area contributed by atoms with Crippen LogP contribution >= 0.6 is 25.3 Å². The van der Waals surface area contributed by atoms with Gasteiger partial charge in [-0.1, -0.05) is 0 Å². The average Bonchev–Trinajstić information content (AvgIpc) is 2.04. The van der Waals surface area contributed by atoms with Crippen LogP contribution in [0.1, 0.15) is 0 Å². The quantitative estimate of drug-likeness (QED) is 0.392. The third kappa shape index (κ3) is 2.69. The molecule has 0 fully saturated rings. The predicted molar refractivity (Wildman–Crippen MR) is 51.0 cm³/mol. The van der Waals surface area contributed by atoms with Crippen molar-refractivity contribution in [2.45, 2.75) is 10.3 Å². The van der Waals surface area contributed by atoms with E-state index in [1.807, 2.05) is 0 Å². The Kier molecular flexibility index (Phi) is 3.72. The molecule has 0 aliphatic heterocycles. The van der Waals surface area contributed by atoms with Gasteiger partial charge in [0.15, 0.2) is 10.3 Å². The molecule has 0 unspecified atom stereocenters. The van der Waals surface area contributed by atoms with Gasteiger partial charge in [0.2, 0.25) is 5.95 Å². The average molecular weight is 220 g/mol. The molecule has 0 bridgehead atoms. The van der Waals surface area contributed by atoms with E-state index in [1.54, 1.807) is 0 Å². The topological polar surface area (TPSA) is 82.4 Å². The molecule has 2 N–H and O–H groups in total. The Morgan fingerprint density at radius 2 is 1.46 bits per heavy atom.